The minimum atomic E-state index is -4.46. The molecule has 7 nitrogen and oxygen atoms in total. The third kappa shape index (κ3) is 7.10. The summed E-state index contributed by atoms with van der Waals surface area (Å²) < 4.78 is 52.0. The van der Waals surface area contributed by atoms with Crippen molar-refractivity contribution in [3.8, 4) is 11.4 Å². The summed E-state index contributed by atoms with van der Waals surface area (Å²) in [5.41, 5.74) is 2.69. The van der Waals surface area contributed by atoms with Gasteiger partial charge in [0.05, 0.1) is 30.0 Å². The lowest BCUT2D eigenvalue weighted by molar-refractivity contribution is -0.149. The second-order valence-electron chi connectivity index (χ2n) is 10.4. The number of aromatic nitrogens is 2. The number of carbonyl (C=O) groups is 2. The van der Waals surface area contributed by atoms with E-state index >= 15 is 0 Å². The fourth-order valence-corrected chi connectivity index (χ4v) is 5.29. The molecule has 0 saturated carbocycles. The summed E-state index contributed by atoms with van der Waals surface area (Å²) in [6.07, 6.45) is 0.119. The van der Waals surface area contributed by atoms with Gasteiger partial charge in [0.2, 0.25) is 0 Å². The molecule has 0 N–H and O–H groups in total. The number of piperidine rings is 1. The molecule has 10 heteroatoms. The molecule has 0 aliphatic carbocycles. The van der Waals surface area contributed by atoms with Gasteiger partial charge in [0.1, 0.15) is 11.9 Å². The number of aryl methyl sites for hydroxylation is 2. The fraction of sp³-hybridized carbons (Fsp3) is 0.452. The second-order valence-corrected chi connectivity index (χ2v) is 10.4. The van der Waals surface area contributed by atoms with Gasteiger partial charge in [-0.3, -0.25) is 9.59 Å². The van der Waals surface area contributed by atoms with Gasteiger partial charge in [-0.05, 0) is 81.0 Å². The molecule has 1 fully saturated rings. The molecule has 1 aliphatic heterocycles. The molecule has 1 aromatic heterocycles. The first-order chi connectivity index (χ1) is 19.5. The molecule has 220 valence electrons. The Hall–Kier alpha value is -3.82. The second kappa shape index (κ2) is 12.8. The van der Waals surface area contributed by atoms with Crippen LogP contribution in [0.4, 0.5) is 13.2 Å². The van der Waals surface area contributed by atoms with Crippen molar-refractivity contribution >= 4 is 11.9 Å². The Bertz CT molecular complexity index is 1340. The number of hydrogen-bond donors (Lipinski definition) is 0. The summed E-state index contributed by atoms with van der Waals surface area (Å²) in [5, 5.41) is 3.92. The number of hydrogen-bond acceptors (Lipinski definition) is 5. The van der Waals surface area contributed by atoms with E-state index in [1.807, 2.05) is 26.0 Å². The van der Waals surface area contributed by atoms with Gasteiger partial charge >= 0.3 is 12.1 Å². The minimum Gasteiger partial charge on any atom is -0.486 e. The number of likely N-dealkylation sites (tertiary alicyclic amines) is 1. The van der Waals surface area contributed by atoms with Crippen molar-refractivity contribution in [1.82, 2.24) is 14.7 Å². The third-order valence-electron chi connectivity index (χ3n) is 7.29. The van der Waals surface area contributed by atoms with Gasteiger partial charge in [0.15, 0.2) is 0 Å². The summed E-state index contributed by atoms with van der Waals surface area (Å²) in [7, 11) is 0. The first kappa shape index (κ1) is 30.1. The van der Waals surface area contributed by atoms with Crippen molar-refractivity contribution in [1.29, 1.82) is 0 Å². The largest absolute Gasteiger partial charge is 0.486 e. The standard InChI is InChI=1S/C31H36F3N3O4/c1-5-8-27(41-26-15-20(3)28(21(4)16-26)37-19-25(17-35-37)31(32,33)34)22-10-12-23(13-11-22)29(38)36-14-7-9-24(18-36)30(39)40-6-2/h10-13,15-17,19,24,27H,5-9,14,18H2,1-4H3/t24-,27?/m1/s1. The zero-order valence-corrected chi connectivity index (χ0v) is 23.8. The highest BCUT2D eigenvalue weighted by Crippen LogP contribution is 2.33. The number of esters is 1. The highest BCUT2D eigenvalue weighted by Gasteiger charge is 2.33. The number of amides is 1. The van der Waals surface area contributed by atoms with Crippen LogP contribution in [0.25, 0.3) is 5.69 Å². The van der Waals surface area contributed by atoms with Gasteiger partial charge in [0, 0.05) is 24.8 Å². The van der Waals surface area contributed by atoms with E-state index in [1.54, 1.807) is 36.1 Å². The Labute approximate surface area is 238 Å². The molecule has 1 aliphatic rings. The van der Waals surface area contributed by atoms with E-state index in [-0.39, 0.29) is 23.9 Å². The van der Waals surface area contributed by atoms with Crippen LogP contribution in [0.3, 0.4) is 0 Å². The Balaban J connectivity index is 1.48. The van der Waals surface area contributed by atoms with Crippen molar-refractivity contribution in [3.63, 3.8) is 0 Å². The smallest absolute Gasteiger partial charge is 0.419 e. The van der Waals surface area contributed by atoms with E-state index in [9.17, 15) is 22.8 Å². The molecule has 41 heavy (non-hydrogen) atoms. The van der Waals surface area contributed by atoms with E-state index < -0.39 is 11.7 Å². The van der Waals surface area contributed by atoms with Gasteiger partial charge < -0.3 is 14.4 Å². The van der Waals surface area contributed by atoms with Gasteiger partial charge in [-0.1, -0.05) is 25.5 Å². The molecule has 2 aromatic carbocycles. The average molecular weight is 572 g/mol. The number of halogens is 3. The molecule has 2 atom stereocenters. The van der Waals surface area contributed by atoms with Gasteiger partial charge in [-0.15, -0.1) is 0 Å². The molecule has 0 radical (unpaired) electrons. The van der Waals surface area contributed by atoms with Crippen LogP contribution in [0.15, 0.2) is 48.8 Å². The Morgan fingerprint density at radius 2 is 1.78 bits per heavy atom. The van der Waals surface area contributed by atoms with Crippen molar-refractivity contribution in [2.45, 2.75) is 65.7 Å². The van der Waals surface area contributed by atoms with Crippen LogP contribution in [0.2, 0.25) is 0 Å². The molecule has 0 bridgehead atoms. The average Bonchev–Trinajstić information content (AvgIpc) is 3.43. The van der Waals surface area contributed by atoms with Crippen LogP contribution in [0, 0.1) is 19.8 Å². The van der Waals surface area contributed by atoms with Crippen molar-refractivity contribution in [2.75, 3.05) is 19.7 Å². The predicted molar refractivity (Wildman–Crippen MR) is 148 cm³/mol. The minimum absolute atomic E-state index is 0.118. The van der Waals surface area contributed by atoms with Crippen molar-refractivity contribution in [3.05, 3.63) is 76.6 Å². The van der Waals surface area contributed by atoms with E-state index in [0.717, 1.165) is 48.3 Å². The molecule has 0 spiro atoms. The number of rotatable bonds is 9. The summed E-state index contributed by atoms with van der Waals surface area (Å²) in [6, 6.07) is 10.9. The zero-order chi connectivity index (χ0) is 29.7. The number of carbonyl (C=O) groups excluding carboxylic acids is 2. The Morgan fingerprint density at radius 1 is 1.10 bits per heavy atom. The molecule has 4 rings (SSSR count). The third-order valence-corrected chi connectivity index (χ3v) is 7.29. The monoisotopic (exact) mass is 571 g/mol. The Morgan fingerprint density at radius 3 is 2.37 bits per heavy atom. The van der Waals surface area contributed by atoms with E-state index in [1.165, 1.54) is 4.68 Å². The zero-order valence-electron chi connectivity index (χ0n) is 23.8. The summed E-state index contributed by atoms with van der Waals surface area (Å²) in [4.78, 5) is 27.1. The van der Waals surface area contributed by atoms with Gasteiger partial charge in [0.25, 0.3) is 5.91 Å². The molecule has 1 saturated heterocycles. The molecular formula is C31H36F3N3O4. The first-order valence-electron chi connectivity index (χ1n) is 14.0. The quantitative estimate of drug-likeness (QED) is 0.263. The van der Waals surface area contributed by atoms with Crippen LogP contribution in [-0.4, -0.2) is 46.3 Å². The van der Waals surface area contributed by atoms with Crippen LogP contribution >= 0.6 is 0 Å². The van der Waals surface area contributed by atoms with E-state index in [4.69, 9.17) is 9.47 Å². The van der Waals surface area contributed by atoms with Gasteiger partial charge in [-0.25, -0.2) is 4.68 Å². The molecule has 2 heterocycles. The number of nitrogens with zero attached hydrogens (tertiary/aromatic N) is 3. The highest BCUT2D eigenvalue weighted by atomic mass is 19.4. The number of benzene rings is 2. The lowest BCUT2D eigenvalue weighted by Gasteiger charge is -2.31. The molecular weight excluding hydrogens is 535 g/mol. The summed E-state index contributed by atoms with van der Waals surface area (Å²) >= 11 is 0. The summed E-state index contributed by atoms with van der Waals surface area (Å²) in [5.74, 6) is -0.0711. The molecule has 1 amide bonds. The maximum absolute atomic E-state index is 13.2. The normalized spacial score (nSPS) is 16.4. The Kier molecular flexibility index (Phi) is 9.40. The molecule has 3 aromatic rings. The maximum Gasteiger partial charge on any atom is 0.419 e. The number of alkyl halides is 3. The lowest BCUT2D eigenvalue weighted by Crippen LogP contribution is -2.42. The lowest BCUT2D eigenvalue weighted by atomic mass is 9.97. The van der Waals surface area contributed by atoms with Crippen LogP contribution in [-0.2, 0) is 15.7 Å². The van der Waals surface area contributed by atoms with E-state index in [0.29, 0.717) is 43.1 Å². The van der Waals surface area contributed by atoms with Crippen LogP contribution < -0.4 is 4.74 Å². The van der Waals surface area contributed by atoms with Crippen molar-refractivity contribution in [2.24, 2.45) is 5.92 Å². The molecule has 1 unspecified atom stereocenters. The summed E-state index contributed by atoms with van der Waals surface area (Å²) in [6.45, 7) is 8.73. The van der Waals surface area contributed by atoms with Gasteiger partial charge in [-0.2, -0.15) is 18.3 Å². The topological polar surface area (TPSA) is 73.7 Å². The fourth-order valence-electron chi connectivity index (χ4n) is 5.29. The highest BCUT2D eigenvalue weighted by molar-refractivity contribution is 5.94. The van der Waals surface area contributed by atoms with Crippen LogP contribution in [0.1, 0.15) is 78.2 Å². The maximum atomic E-state index is 13.2. The SMILES string of the molecule is CCCC(Oc1cc(C)c(-n2cc(C(F)(F)F)cn2)c(C)c1)c1ccc(C(=O)N2CCC[C@@H](C(=O)OCC)C2)cc1. The number of ether oxygens (including phenoxy) is 2. The van der Waals surface area contributed by atoms with Crippen molar-refractivity contribution < 1.29 is 32.2 Å². The predicted octanol–water partition coefficient (Wildman–Crippen LogP) is 6.84. The van der Waals surface area contributed by atoms with Crippen LogP contribution in [0.5, 0.6) is 5.75 Å². The first-order valence-corrected chi connectivity index (χ1v) is 14.0. The van der Waals surface area contributed by atoms with E-state index in [2.05, 4.69) is 12.0 Å².